The van der Waals surface area contributed by atoms with Crippen LogP contribution in [0, 0.1) is 6.92 Å². The van der Waals surface area contributed by atoms with Crippen molar-refractivity contribution < 1.29 is 13.9 Å². The van der Waals surface area contributed by atoms with Crippen LogP contribution in [0.15, 0.2) is 28.9 Å². The van der Waals surface area contributed by atoms with E-state index in [0.29, 0.717) is 18.3 Å². The monoisotopic (exact) mass is 331 g/mol. The number of rotatable bonds is 6. The van der Waals surface area contributed by atoms with E-state index in [-0.39, 0.29) is 11.9 Å². The molecule has 2 aromatic heterocycles. The van der Waals surface area contributed by atoms with Gasteiger partial charge in [-0.25, -0.2) is 4.98 Å². The number of carbonyl (C=O) groups excluding carboxylic acids is 1. The van der Waals surface area contributed by atoms with Gasteiger partial charge in [-0.05, 0) is 45.6 Å². The zero-order valence-electron chi connectivity index (χ0n) is 14.4. The second-order valence-electron chi connectivity index (χ2n) is 6.16. The molecule has 0 radical (unpaired) electrons. The van der Waals surface area contributed by atoms with Crippen molar-refractivity contribution in [1.29, 1.82) is 0 Å². The van der Waals surface area contributed by atoms with Crippen LogP contribution in [-0.2, 0) is 6.54 Å². The van der Waals surface area contributed by atoms with E-state index < -0.39 is 0 Å². The molecule has 3 heterocycles. The minimum atomic E-state index is -0.0343. The quantitative estimate of drug-likeness (QED) is 0.815. The summed E-state index contributed by atoms with van der Waals surface area (Å²) < 4.78 is 13.0. The summed E-state index contributed by atoms with van der Waals surface area (Å²) in [5.41, 5.74) is 0. The number of piperidine rings is 1. The molecule has 1 atom stereocenters. The van der Waals surface area contributed by atoms with Gasteiger partial charge in [0.05, 0.1) is 6.61 Å². The molecule has 0 aromatic carbocycles. The average Bonchev–Trinajstić information content (AvgIpc) is 3.22. The van der Waals surface area contributed by atoms with Crippen molar-refractivity contribution in [3.8, 4) is 5.95 Å². The predicted molar refractivity (Wildman–Crippen MR) is 90.1 cm³/mol. The van der Waals surface area contributed by atoms with Crippen molar-refractivity contribution in [2.24, 2.45) is 0 Å². The zero-order chi connectivity index (χ0) is 16.9. The third-order valence-corrected chi connectivity index (χ3v) is 4.59. The maximum Gasteiger partial charge on any atom is 0.289 e. The van der Waals surface area contributed by atoms with E-state index in [1.807, 2.05) is 31.1 Å². The molecule has 2 aromatic rings. The second kappa shape index (κ2) is 7.55. The molecule has 6 heteroatoms. The highest BCUT2D eigenvalue weighted by molar-refractivity contribution is 5.92. The Morgan fingerprint density at radius 2 is 2.29 bits per heavy atom. The van der Waals surface area contributed by atoms with Crippen LogP contribution in [0.3, 0.4) is 0 Å². The Morgan fingerprint density at radius 1 is 1.42 bits per heavy atom. The first-order valence-corrected chi connectivity index (χ1v) is 8.70. The van der Waals surface area contributed by atoms with E-state index in [1.165, 1.54) is 6.42 Å². The lowest BCUT2D eigenvalue weighted by Crippen LogP contribution is -2.44. The number of aromatic nitrogens is 2. The average molecular weight is 331 g/mol. The van der Waals surface area contributed by atoms with Gasteiger partial charge in [-0.1, -0.05) is 0 Å². The van der Waals surface area contributed by atoms with Gasteiger partial charge in [-0.3, -0.25) is 4.79 Å². The Kier molecular flexibility index (Phi) is 5.23. The number of imidazole rings is 1. The first-order valence-electron chi connectivity index (χ1n) is 8.70. The lowest BCUT2D eigenvalue weighted by Gasteiger charge is -2.35. The minimum absolute atomic E-state index is 0.0343. The Labute approximate surface area is 142 Å². The van der Waals surface area contributed by atoms with Crippen LogP contribution < -0.4 is 4.74 Å². The van der Waals surface area contributed by atoms with Gasteiger partial charge in [0, 0.05) is 37.6 Å². The molecular weight excluding hydrogens is 306 g/mol. The second-order valence-corrected chi connectivity index (χ2v) is 6.16. The summed E-state index contributed by atoms with van der Waals surface area (Å²) >= 11 is 0. The van der Waals surface area contributed by atoms with Gasteiger partial charge in [-0.15, -0.1) is 0 Å². The fraction of sp³-hybridized carbons (Fsp3) is 0.556. The number of furan rings is 1. The molecule has 3 rings (SSSR count). The molecule has 24 heavy (non-hydrogen) atoms. The summed E-state index contributed by atoms with van der Waals surface area (Å²) in [5, 5.41) is 0. The Hall–Kier alpha value is -2.24. The summed E-state index contributed by atoms with van der Waals surface area (Å²) in [6, 6.07) is 3.66. The third-order valence-electron chi connectivity index (χ3n) is 4.59. The van der Waals surface area contributed by atoms with Crippen molar-refractivity contribution in [2.45, 2.75) is 52.1 Å². The number of ether oxygens (including phenoxy) is 1. The molecule has 0 aliphatic carbocycles. The van der Waals surface area contributed by atoms with Gasteiger partial charge in [0.2, 0.25) is 0 Å². The molecule has 0 N–H and O–H groups in total. The maximum atomic E-state index is 12.8. The third kappa shape index (κ3) is 3.63. The summed E-state index contributed by atoms with van der Waals surface area (Å²) in [6.07, 6.45) is 7.99. The van der Waals surface area contributed by atoms with Gasteiger partial charge in [0.1, 0.15) is 5.82 Å². The zero-order valence-corrected chi connectivity index (χ0v) is 14.4. The number of hydrogen-bond acceptors (Lipinski definition) is 4. The Bertz CT molecular complexity index is 677. The molecule has 0 bridgehead atoms. The summed E-state index contributed by atoms with van der Waals surface area (Å²) in [6.45, 7) is 6.09. The van der Waals surface area contributed by atoms with Gasteiger partial charge in [-0.2, -0.15) is 0 Å². The van der Waals surface area contributed by atoms with E-state index >= 15 is 0 Å². The first-order chi connectivity index (χ1) is 11.7. The lowest BCUT2D eigenvalue weighted by atomic mass is 9.99. The first kappa shape index (κ1) is 16.6. The standard InChI is InChI=1S/C18H25N3O3/c1-3-23-17-8-7-16(24-17)18(22)21-11-5-4-6-15(21)9-12-20-13-10-19-14(20)2/h7-8,10,13,15H,3-6,9,11-12H2,1-2H3/t15-/m1/s1. The fourth-order valence-electron chi connectivity index (χ4n) is 3.29. The predicted octanol–water partition coefficient (Wildman–Crippen LogP) is 3.27. The highest BCUT2D eigenvalue weighted by Crippen LogP contribution is 2.25. The Balaban J connectivity index is 1.66. The van der Waals surface area contributed by atoms with Crippen molar-refractivity contribution in [3.63, 3.8) is 0 Å². The van der Waals surface area contributed by atoms with Gasteiger partial charge in [0.15, 0.2) is 5.76 Å². The normalized spacial score (nSPS) is 17.9. The molecule has 0 unspecified atom stereocenters. The van der Waals surface area contributed by atoms with Crippen molar-refractivity contribution in [3.05, 3.63) is 36.1 Å². The molecule has 1 saturated heterocycles. The van der Waals surface area contributed by atoms with Crippen LogP contribution in [0.4, 0.5) is 0 Å². The van der Waals surface area contributed by atoms with Gasteiger partial charge < -0.3 is 18.6 Å². The smallest absolute Gasteiger partial charge is 0.289 e. The van der Waals surface area contributed by atoms with Crippen LogP contribution in [0.5, 0.6) is 5.95 Å². The molecule has 1 aliphatic heterocycles. The van der Waals surface area contributed by atoms with E-state index in [2.05, 4.69) is 9.55 Å². The minimum Gasteiger partial charge on any atom is -0.465 e. The van der Waals surface area contributed by atoms with E-state index in [0.717, 1.165) is 38.2 Å². The van der Waals surface area contributed by atoms with Crippen LogP contribution in [-0.4, -0.2) is 39.6 Å². The molecule has 1 aliphatic rings. The highest BCUT2D eigenvalue weighted by atomic mass is 16.6. The largest absolute Gasteiger partial charge is 0.465 e. The van der Waals surface area contributed by atoms with Crippen molar-refractivity contribution in [2.75, 3.05) is 13.2 Å². The molecule has 1 fully saturated rings. The lowest BCUT2D eigenvalue weighted by molar-refractivity contribution is 0.0555. The van der Waals surface area contributed by atoms with Crippen LogP contribution in [0.2, 0.25) is 0 Å². The number of nitrogens with zero attached hydrogens (tertiary/aromatic N) is 3. The maximum absolute atomic E-state index is 12.8. The molecule has 1 amide bonds. The number of aryl methyl sites for hydroxylation is 2. The molecule has 6 nitrogen and oxygen atoms in total. The van der Waals surface area contributed by atoms with E-state index in [1.54, 1.807) is 12.1 Å². The number of amides is 1. The fourth-order valence-corrected chi connectivity index (χ4v) is 3.29. The van der Waals surface area contributed by atoms with Crippen LogP contribution >= 0.6 is 0 Å². The van der Waals surface area contributed by atoms with Crippen molar-refractivity contribution in [1.82, 2.24) is 14.5 Å². The van der Waals surface area contributed by atoms with Gasteiger partial charge in [0.25, 0.3) is 11.9 Å². The van der Waals surface area contributed by atoms with E-state index in [9.17, 15) is 4.79 Å². The molecular formula is C18H25N3O3. The Morgan fingerprint density at radius 3 is 3.04 bits per heavy atom. The highest BCUT2D eigenvalue weighted by Gasteiger charge is 2.29. The van der Waals surface area contributed by atoms with Crippen LogP contribution in [0.25, 0.3) is 0 Å². The molecule has 0 spiro atoms. The molecule has 0 saturated carbocycles. The number of hydrogen-bond donors (Lipinski definition) is 0. The number of carbonyl (C=O) groups is 1. The summed E-state index contributed by atoms with van der Waals surface area (Å²) in [5.74, 6) is 1.75. The van der Waals surface area contributed by atoms with Gasteiger partial charge >= 0.3 is 0 Å². The summed E-state index contributed by atoms with van der Waals surface area (Å²) in [7, 11) is 0. The van der Waals surface area contributed by atoms with E-state index in [4.69, 9.17) is 9.15 Å². The molecule has 130 valence electrons. The van der Waals surface area contributed by atoms with Crippen molar-refractivity contribution >= 4 is 5.91 Å². The van der Waals surface area contributed by atoms with Crippen LogP contribution in [0.1, 0.15) is 49.0 Å². The number of likely N-dealkylation sites (tertiary alicyclic amines) is 1. The summed E-state index contributed by atoms with van der Waals surface area (Å²) in [4.78, 5) is 19.0. The SMILES string of the molecule is CCOc1ccc(C(=O)N2CCCC[C@@H]2CCn2ccnc2C)o1. The topological polar surface area (TPSA) is 60.5 Å².